The summed E-state index contributed by atoms with van der Waals surface area (Å²) >= 11 is 0. The van der Waals surface area contributed by atoms with E-state index in [1.807, 2.05) is 25.0 Å². The fraction of sp³-hybridized carbons (Fsp3) is 0.263. The SMILES string of the molecule is C=O.CON=C1CC(CO)N(c2ccc(-c3ccccc3)cc2)C1. The number of anilines is 1. The van der Waals surface area contributed by atoms with Gasteiger partial charge in [0.15, 0.2) is 0 Å². The van der Waals surface area contributed by atoms with Gasteiger partial charge in [-0.25, -0.2) is 0 Å². The molecule has 126 valence electrons. The molecule has 1 aliphatic rings. The first kappa shape index (κ1) is 17.7. The van der Waals surface area contributed by atoms with Gasteiger partial charge >= 0.3 is 0 Å². The molecular weight excluding hydrogens is 304 g/mol. The molecule has 1 aliphatic heterocycles. The Balaban J connectivity index is 0.00000100. The molecule has 5 heteroatoms. The maximum Gasteiger partial charge on any atom is 0.106 e. The van der Waals surface area contributed by atoms with Crippen LogP contribution in [0.1, 0.15) is 6.42 Å². The number of nitrogens with zero attached hydrogens (tertiary/aromatic N) is 2. The second-order valence-electron chi connectivity index (χ2n) is 5.42. The normalized spacial score (nSPS) is 18.2. The molecule has 2 aromatic rings. The van der Waals surface area contributed by atoms with E-state index >= 15 is 0 Å². The first-order chi connectivity index (χ1) is 11.8. The number of aliphatic hydroxyl groups excluding tert-OH is 1. The summed E-state index contributed by atoms with van der Waals surface area (Å²) in [6.45, 7) is 2.81. The minimum absolute atomic E-state index is 0.0662. The van der Waals surface area contributed by atoms with E-state index in [4.69, 9.17) is 9.63 Å². The van der Waals surface area contributed by atoms with Crippen LogP contribution in [-0.2, 0) is 9.63 Å². The Hall–Kier alpha value is -2.66. The van der Waals surface area contributed by atoms with Crippen LogP contribution >= 0.6 is 0 Å². The summed E-state index contributed by atoms with van der Waals surface area (Å²) < 4.78 is 0. The Morgan fingerprint density at radius 3 is 2.33 bits per heavy atom. The fourth-order valence-corrected chi connectivity index (χ4v) is 2.91. The van der Waals surface area contributed by atoms with E-state index in [0.29, 0.717) is 6.54 Å². The van der Waals surface area contributed by atoms with Gasteiger partial charge in [-0.15, -0.1) is 0 Å². The van der Waals surface area contributed by atoms with Crippen molar-refractivity contribution in [1.82, 2.24) is 0 Å². The van der Waals surface area contributed by atoms with Crippen LogP contribution in [0, 0.1) is 0 Å². The summed E-state index contributed by atoms with van der Waals surface area (Å²) in [7, 11) is 1.55. The lowest BCUT2D eigenvalue weighted by atomic mass is 10.1. The highest BCUT2D eigenvalue weighted by molar-refractivity contribution is 5.92. The first-order valence-corrected chi connectivity index (χ1v) is 7.72. The van der Waals surface area contributed by atoms with Gasteiger partial charge in [-0.3, -0.25) is 0 Å². The Labute approximate surface area is 142 Å². The number of hydrogen-bond donors (Lipinski definition) is 1. The predicted molar refractivity (Wildman–Crippen MR) is 96.3 cm³/mol. The van der Waals surface area contributed by atoms with Crippen molar-refractivity contribution in [1.29, 1.82) is 0 Å². The Morgan fingerprint density at radius 1 is 1.12 bits per heavy atom. The van der Waals surface area contributed by atoms with Crippen LogP contribution in [0.2, 0.25) is 0 Å². The van der Waals surface area contributed by atoms with Gasteiger partial charge in [-0.1, -0.05) is 47.6 Å². The van der Waals surface area contributed by atoms with Crippen LogP contribution in [-0.4, -0.2) is 43.9 Å². The number of hydrogen-bond acceptors (Lipinski definition) is 5. The van der Waals surface area contributed by atoms with E-state index in [1.54, 1.807) is 7.11 Å². The summed E-state index contributed by atoms with van der Waals surface area (Å²) in [6, 6.07) is 18.8. The highest BCUT2D eigenvalue weighted by Crippen LogP contribution is 2.27. The summed E-state index contributed by atoms with van der Waals surface area (Å²) in [5, 5.41) is 13.6. The highest BCUT2D eigenvalue weighted by atomic mass is 16.6. The summed E-state index contributed by atoms with van der Waals surface area (Å²) in [4.78, 5) is 15.0. The molecule has 1 atom stereocenters. The Morgan fingerprint density at radius 2 is 1.75 bits per heavy atom. The summed E-state index contributed by atoms with van der Waals surface area (Å²) in [6.07, 6.45) is 0.741. The number of oxime groups is 1. The molecule has 0 radical (unpaired) electrons. The van der Waals surface area contributed by atoms with E-state index in [9.17, 15) is 5.11 Å². The van der Waals surface area contributed by atoms with Crippen LogP contribution in [0.25, 0.3) is 11.1 Å². The molecule has 3 rings (SSSR count). The van der Waals surface area contributed by atoms with Crippen molar-refractivity contribution in [3.8, 4) is 11.1 Å². The van der Waals surface area contributed by atoms with Crippen molar-refractivity contribution < 1.29 is 14.7 Å². The molecule has 2 aromatic carbocycles. The Kier molecular flexibility index (Phi) is 6.51. The molecule has 0 aliphatic carbocycles. The maximum atomic E-state index is 9.58. The molecule has 0 aromatic heterocycles. The predicted octanol–water partition coefficient (Wildman–Crippen LogP) is 2.74. The molecule has 24 heavy (non-hydrogen) atoms. The van der Waals surface area contributed by atoms with Gasteiger partial charge in [0.2, 0.25) is 0 Å². The molecule has 0 saturated carbocycles. The van der Waals surface area contributed by atoms with Crippen molar-refractivity contribution in [3.63, 3.8) is 0 Å². The number of rotatable bonds is 4. The molecule has 0 bridgehead atoms. The van der Waals surface area contributed by atoms with Gasteiger partial charge in [0.1, 0.15) is 13.9 Å². The number of aliphatic hydroxyl groups is 1. The van der Waals surface area contributed by atoms with Crippen LogP contribution in [0.15, 0.2) is 59.8 Å². The highest BCUT2D eigenvalue weighted by Gasteiger charge is 2.29. The minimum Gasteiger partial charge on any atom is -0.399 e. The maximum absolute atomic E-state index is 9.58. The third kappa shape index (κ3) is 4.00. The number of benzene rings is 2. The van der Waals surface area contributed by atoms with Crippen LogP contribution in [0.4, 0.5) is 5.69 Å². The van der Waals surface area contributed by atoms with E-state index in [2.05, 4.69) is 46.5 Å². The van der Waals surface area contributed by atoms with Crippen molar-refractivity contribution in [2.75, 3.05) is 25.2 Å². The Bertz CT molecular complexity index is 656. The smallest absolute Gasteiger partial charge is 0.106 e. The molecule has 1 N–H and O–H groups in total. The zero-order valence-electron chi connectivity index (χ0n) is 13.8. The second kappa shape index (κ2) is 8.84. The van der Waals surface area contributed by atoms with Crippen molar-refractivity contribution in [2.24, 2.45) is 5.16 Å². The zero-order valence-corrected chi connectivity index (χ0v) is 13.8. The van der Waals surface area contributed by atoms with E-state index in [1.165, 1.54) is 11.1 Å². The van der Waals surface area contributed by atoms with E-state index < -0.39 is 0 Å². The molecule has 0 amide bonds. The van der Waals surface area contributed by atoms with Gasteiger partial charge in [-0.05, 0) is 23.3 Å². The summed E-state index contributed by atoms with van der Waals surface area (Å²) in [5.41, 5.74) is 4.46. The lowest BCUT2D eigenvalue weighted by Crippen LogP contribution is -2.32. The van der Waals surface area contributed by atoms with Crippen molar-refractivity contribution >= 4 is 18.2 Å². The average molecular weight is 326 g/mol. The van der Waals surface area contributed by atoms with Gasteiger partial charge < -0.3 is 19.6 Å². The molecular formula is C19H22N2O3. The molecule has 1 unspecified atom stereocenters. The van der Waals surface area contributed by atoms with Crippen LogP contribution in [0.3, 0.4) is 0 Å². The topological polar surface area (TPSA) is 62.1 Å². The third-order valence-corrected chi connectivity index (χ3v) is 4.00. The van der Waals surface area contributed by atoms with Gasteiger partial charge in [-0.2, -0.15) is 0 Å². The van der Waals surface area contributed by atoms with E-state index in [0.717, 1.165) is 17.8 Å². The van der Waals surface area contributed by atoms with Crippen LogP contribution in [0.5, 0.6) is 0 Å². The zero-order chi connectivity index (χ0) is 17.4. The number of carbonyl (C=O) groups excluding carboxylic acids is 1. The lowest BCUT2D eigenvalue weighted by molar-refractivity contribution is -0.0979. The molecule has 1 heterocycles. The lowest BCUT2D eigenvalue weighted by Gasteiger charge is -2.24. The van der Waals surface area contributed by atoms with Crippen molar-refractivity contribution in [2.45, 2.75) is 12.5 Å². The molecule has 5 nitrogen and oxygen atoms in total. The largest absolute Gasteiger partial charge is 0.399 e. The average Bonchev–Trinajstić information content (AvgIpc) is 3.07. The second-order valence-corrected chi connectivity index (χ2v) is 5.42. The fourth-order valence-electron chi connectivity index (χ4n) is 2.91. The van der Waals surface area contributed by atoms with E-state index in [-0.39, 0.29) is 12.6 Å². The standard InChI is InChI=1S/C18H20N2O2.CH2O/c1-22-19-16-11-18(13-21)20(12-16)17-9-7-15(8-10-17)14-5-3-2-4-6-14;1-2/h2-10,18,21H,11-13H2,1H3;1H2. The molecule has 1 fully saturated rings. The minimum atomic E-state index is 0.0662. The van der Waals surface area contributed by atoms with Crippen LogP contribution < -0.4 is 4.90 Å². The number of carbonyl (C=O) groups is 1. The quantitative estimate of drug-likeness (QED) is 0.878. The van der Waals surface area contributed by atoms with Crippen molar-refractivity contribution in [3.05, 3.63) is 54.6 Å². The monoisotopic (exact) mass is 326 g/mol. The summed E-state index contributed by atoms with van der Waals surface area (Å²) in [5.74, 6) is 0. The molecule has 1 saturated heterocycles. The third-order valence-electron chi connectivity index (χ3n) is 4.00. The first-order valence-electron chi connectivity index (χ1n) is 7.72. The van der Waals surface area contributed by atoms with Gasteiger partial charge in [0.25, 0.3) is 0 Å². The van der Waals surface area contributed by atoms with Gasteiger partial charge in [0, 0.05) is 12.1 Å². The molecule has 0 spiro atoms. The van der Waals surface area contributed by atoms with Gasteiger partial charge in [0.05, 0.1) is 24.9 Å².